The van der Waals surface area contributed by atoms with Crippen molar-refractivity contribution in [3.05, 3.63) is 41.5 Å². The molecule has 0 amide bonds. The third kappa shape index (κ3) is 4.33. The monoisotopic (exact) mass is 403 g/mol. The number of fused-ring (bicyclic) bond motifs is 1. The predicted molar refractivity (Wildman–Crippen MR) is 108 cm³/mol. The minimum atomic E-state index is -0.527. The number of aliphatic imine (C=N–C) groups is 1. The van der Waals surface area contributed by atoms with Crippen molar-refractivity contribution >= 4 is 11.6 Å². The van der Waals surface area contributed by atoms with Crippen LogP contribution in [0.4, 0.5) is 14.5 Å². The summed E-state index contributed by atoms with van der Waals surface area (Å²) >= 11 is 0. The molecule has 1 aromatic carbocycles. The maximum absolute atomic E-state index is 14.0. The molecule has 2 aliphatic heterocycles. The topological polar surface area (TPSA) is 70.4 Å². The lowest BCUT2D eigenvalue weighted by atomic mass is 10.2. The van der Waals surface area contributed by atoms with Crippen LogP contribution in [0.1, 0.15) is 37.3 Å². The second-order valence-electron chi connectivity index (χ2n) is 7.57. The van der Waals surface area contributed by atoms with E-state index < -0.39 is 11.6 Å². The number of aromatic nitrogens is 3. The van der Waals surface area contributed by atoms with Gasteiger partial charge < -0.3 is 20.1 Å². The van der Waals surface area contributed by atoms with Crippen molar-refractivity contribution in [1.29, 1.82) is 0 Å². The molecule has 1 saturated heterocycles. The van der Waals surface area contributed by atoms with Gasteiger partial charge in [-0.1, -0.05) is 12.5 Å². The van der Waals surface area contributed by atoms with E-state index in [0.29, 0.717) is 25.6 Å². The smallest absolute Gasteiger partial charge is 0.191 e. The third-order valence-corrected chi connectivity index (χ3v) is 5.61. The van der Waals surface area contributed by atoms with Crippen molar-refractivity contribution in [3.8, 4) is 0 Å². The van der Waals surface area contributed by atoms with E-state index in [1.54, 1.807) is 11.9 Å². The summed E-state index contributed by atoms with van der Waals surface area (Å²) in [7, 11) is 1.71. The number of hydrogen-bond donors (Lipinski definition) is 2. The van der Waals surface area contributed by atoms with E-state index in [1.807, 2.05) is 0 Å². The maximum Gasteiger partial charge on any atom is 0.191 e. The van der Waals surface area contributed by atoms with Crippen molar-refractivity contribution < 1.29 is 8.78 Å². The lowest BCUT2D eigenvalue weighted by Gasteiger charge is -2.21. The number of para-hydroxylation sites is 1. The van der Waals surface area contributed by atoms with E-state index in [9.17, 15) is 8.78 Å². The van der Waals surface area contributed by atoms with E-state index in [1.165, 1.54) is 24.6 Å². The Labute approximate surface area is 169 Å². The summed E-state index contributed by atoms with van der Waals surface area (Å²) < 4.78 is 30.3. The quantitative estimate of drug-likeness (QED) is 0.605. The van der Waals surface area contributed by atoms with Gasteiger partial charge in [-0.15, -0.1) is 10.2 Å². The Balaban J connectivity index is 1.34. The number of aryl methyl sites for hydroxylation is 1. The van der Waals surface area contributed by atoms with Crippen LogP contribution in [-0.4, -0.2) is 46.9 Å². The molecular weight excluding hydrogens is 376 g/mol. The first-order valence-electron chi connectivity index (χ1n) is 10.2. The summed E-state index contributed by atoms with van der Waals surface area (Å²) in [6.07, 6.45) is 5.28. The minimum Gasteiger partial charge on any atom is -0.365 e. The van der Waals surface area contributed by atoms with Crippen molar-refractivity contribution in [2.24, 2.45) is 4.99 Å². The normalized spacial score (nSPS) is 19.8. The van der Waals surface area contributed by atoms with Gasteiger partial charge in [0.25, 0.3) is 0 Å². The van der Waals surface area contributed by atoms with E-state index in [0.717, 1.165) is 43.9 Å². The number of guanidine groups is 1. The molecule has 1 atom stereocenters. The largest absolute Gasteiger partial charge is 0.365 e. The first kappa shape index (κ1) is 19.6. The molecular formula is C20H27F2N7. The fourth-order valence-corrected chi connectivity index (χ4v) is 4.10. The van der Waals surface area contributed by atoms with Crippen LogP contribution in [0, 0.1) is 11.6 Å². The SMILES string of the molecule is CN=C(NCc1nnc2n1CCCCC2)NC1CCN(c2c(F)cccc2F)C1. The van der Waals surface area contributed by atoms with E-state index in [4.69, 9.17) is 0 Å². The summed E-state index contributed by atoms with van der Waals surface area (Å²) in [4.78, 5) is 6.03. The predicted octanol–water partition coefficient (Wildman–Crippen LogP) is 2.23. The number of anilines is 1. The van der Waals surface area contributed by atoms with Gasteiger partial charge in [-0.25, -0.2) is 8.78 Å². The highest BCUT2D eigenvalue weighted by Gasteiger charge is 2.27. The van der Waals surface area contributed by atoms with Crippen LogP contribution in [0.5, 0.6) is 0 Å². The summed E-state index contributed by atoms with van der Waals surface area (Å²) in [5.41, 5.74) is 0.0471. The first-order valence-corrected chi connectivity index (χ1v) is 10.2. The molecule has 0 bridgehead atoms. The molecule has 0 aliphatic carbocycles. The number of hydrogen-bond acceptors (Lipinski definition) is 4. The van der Waals surface area contributed by atoms with Gasteiger partial charge in [-0.05, 0) is 31.4 Å². The molecule has 7 nitrogen and oxygen atoms in total. The Morgan fingerprint density at radius 3 is 2.79 bits per heavy atom. The number of halogens is 2. The van der Waals surface area contributed by atoms with E-state index in [-0.39, 0.29) is 11.7 Å². The Hall–Kier alpha value is -2.71. The Bertz CT molecular complexity index is 859. The van der Waals surface area contributed by atoms with Gasteiger partial charge in [0, 0.05) is 39.1 Å². The van der Waals surface area contributed by atoms with Crippen LogP contribution in [0.25, 0.3) is 0 Å². The molecule has 2 N–H and O–H groups in total. The van der Waals surface area contributed by atoms with Crippen LogP contribution in [0.2, 0.25) is 0 Å². The number of benzene rings is 1. The zero-order valence-corrected chi connectivity index (χ0v) is 16.7. The zero-order chi connectivity index (χ0) is 20.2. The molecule has 0 radical (unpaired) electrons. The molecule has 0 spiro atoms. The van der Waals surface area contributed by atoms with Gasteiger partial charge in [-0.3, -0.25) is 4.99 Å². The van der Waals surface area contributed by atoms with Gasteiger partial charge in [0.05, 0.1) is 6.54 Å². The summed E-state index contributed by atoms with van der Waals surface area (Å²) in [5, 5.41) is 15.3. The molecule has 2 aliphatic rings. The summed E-state index contributed by atoms with van der Waals surface area (Å²) in [5.74, 6) is 1.56. The molecule has 3 heterocycles. The highest BCUT2D eigenvalue weighted by atomic mass is 19.1. The number of nitrogens with one attached hydrogen (secondary N) is 2. The van der Waals surface area contributed by atoms with Gasteiger partial charge in [0.2, 0.25) is 0 Å². The maximum atomic E-state index is 14.0. The number of rotatable bonds is 4. The molecule has 4 rings (SSSR count). The molecule has 156 valence electrons. The van der Waals surface area contributed by atoms with Gasteiger partial charge >= 0.3 is 0 Å². The molecule has 29 heavy (non-hydrogen) atoms. The lowest BCUT2D eigenvalue weighted by molar-refractivity contribution is 0.575. The molecule has 2 aromatic rings. The standard InChI is InChI=1S/C20H27F2N7/c1-23-20(24-12-18-27-26-17-8-3-2-4-10-29(17)18)25-14-9-11-28(13-14)19-15(21)6-5-7-16(19)22/h5-7,14H,2-4,8-13H2,1H3,(H2,23,24,25). The fourth-order valence-electron chi connectivity index (χ4n) is 4.10. The van der Waals surface area contributed by atoms with Crippen LogP contribution in [0.15, 0.2) is 23.2 Å². The minimum absolute atomic E-state index is 0.0471. The highest BCUT2D eigenvalue weighted by Crippen LogP contribution is 2.26. The van der Waals surface area contributed by atoms with Crippen LogP contribution >= 0.6 is 0 Å². The van der Waals surface area contributed by atoms with Crippen LogP contribution in [-0.2, 0) is 19.5 Å². The van der Waals surface area contributed by atoms with Crippen LogP contribution in [0.3, 0.4) is 0 Å². The Kier molecular flexibility index (Phi) is 5.92. The zero-order valence-electron chi connectivity index (χ0n) is 16.7. The molecule has 1 aromatic heterocycles. The summed E-state index contributed by atoms with van der Waals surface area (Å²) in [6.45, 7) is 2.59. The molecule has 0 saturated carbocycles. The third-order valence-electron chi connectivity index (χ3n) is 5.61. The van der Waals surface area contributed by atoms with E-state index >= 15 is 0 Å². The first-order chi connectivity index (χ1) is 14.2. The van der Waals surface area contributed by atoms with Crippen molar-refractivity contribution in [3.63, 3.8) is 0 Å². The summed E-state index contributed by atoms with van der Waals surface area (Å²) in [6, 6.07) is 4.02. The van der Waals surface area contributed by atoms with E-state index in [2.05, 4.69) is 30.4 Å². The highest BCUT2D eigenvalue weighted by molar-refractivity contribution is 5.80. The van der Waals surface area contributed by atoms with Gasteiger partial charge in [0.15, 0.2) is 11.8 Å². The number of nitrogens with zero attached hydrogens (tertiary/aromatic N) is 5. The molecule has 1 fully saturated rings. The lowest BCUT2D eigenvalue weighted by Crippen LogP contribution is -2.44. The average Bonchev–Trinajstić information content (AvgIpc) is 3.25. The van der Waals surface area contributed by atoms with Gasteiger partial charge in [0.1, 0.15) is 23.1 Å². The Morgan fingerprint density at radius 1 is 1.17 bits per heavy atom. The molecule has 1 unspecified atom stereocenters. The van der Waals surface area contributed by atoms with Gasteiger partial charge in [-0.2, -0.15) is 0 Å². The second kappa shape index (κ2) is 8.75. The van der Waals surface area contributed by atoms with Crippen molar-refractivity contribution in [2.45, 2.75) is 51.2 Å². The Morgan fingerprint density at radius 2 is 2.00 bits per heavy atom. The van der Waals surface area contributed by atoms with Crippen molar-refractivity contribution in [1.82, 2.24) is 25.4 Å². The molecule has 9 heteroatoms. The average molecular weight is 403 g/mol. The van der Waals surface area contributed by atoms with Crippen molar-refractivity contribution in [2.75, 3.05) is 25.0 Å². The second-order valence-corrected chi connectivity index (χ2v) is 7.57. The van der Waals surface area contributed by atoms with Crippen LogP contribution < -0.4 is 15.5 Å². The fraction of sp³-hybridized carbons (Fsp3) is 0.550.